The van der Waals surface area contributed by atoms with Crippen LogP contribution in [0.5, 0.6) is 0 Å². The molecule has 1 aromatic rings. The number of carbonyl (C=O) groups excluding carboxylic acids is 1. The molecule has 1 saturated heterocycles. The van der Waals surface area contributed by atoms with Gasteiger partial charge in [0.25, 0.3) is 0 Å². The molecule has 1 aliphatic rings. The van der Waals surface area contributed by atoms with Crippen LogP contribution in [0.1, 0.15) is 29.0 Å². The number of rotatable bonds is 5. The van der Waals surface area contributed by atoms with Crippen LogP contribution in [-0.4, -0.2) is 30.4 Å². The number of nitrogens with zero attached hydrogens (tertiary/aromatic N) is 1. The molecule has 0 aliphatic carbocycles. The fourth-order valence-corrected chi connectivity index (χ4v) is 3.38. The minimum absolute atomic E-state index is 0. The van der Waals surface area contributed by atoms with Crippen molar-refractivity contribution in [3.05, 3.63) is 21.9 Å². The summed E-state index contributed by atoms with van der Waals surface area (Å²) >= 11 is 1.83. The molecule has 3 nitrogen and oxygen atoms in total. The van der Waals surface area contributed by atoms with Crippen molar-refractivity contribution in [2.75, 3.05) is 19.6 Å². The second-order valence-electron chi connectivity index (χ2n) is 5.10. The molecule has 1 aliphatic heterocycles. The Hall–Kier alpha value is -0.580. The van der Waals surface area contributed by atoms with E-state index in [1.807, 2.05) is 16.2 Å². The molecule has 2 N–H and O–H groups in total. The lowest BCUT2D eigenvalue weighted by atomic mass is 10.1. The molecule has 1 atom stereocenters. The second-order valence-corrected chi connectivity index (χ2v) is 6.47. The van der Waals surface area contributed by atoms with E-state index in [4.69, 9.17) is 5.73 Å². The van der Waals surface area contributed by atoms with Gasteiger partial charge in [-0.2, -0.15) is 0 Å². The van der Waals surface area contributed by atoms with E-state index in [-0.39, 0.29) is 12.4 Å². The van der Waals surface area contributed by atoms with Gasteiger partial charge in [-0.15, -0.1) is 23.7 Å². The molecule has 1 amide bonds. The zero-order chi connectivity index (χ0) is 13.0. The Balaban J connectivity index is 0.00000180. The third-order valence-electron chi connectivity index (χ3n) is 3.58. The summed E-state index contributed by atoms with van der Waals surface area (Å²) in [6, 6.07) is 4.32. The van der Waals surface area contributed by atoms with Gasteiger partial charge in [0.05, 0.1) is 0 Å². The van der Waals surface area contributed by atoms with Crippen molar-refractivity contribution in [3.63, 3.8) is 0 Å². The van der Waals surface area contributed by atoms with Gasteiger partial charge in [0.1, 0.15) is 0 Å². The molecule has 0 aromatic carbocycles. The fraction of sp³-hybridized carbons (Fsp3) is 0.643. The van der Waals surface area contributed by atoms with Gasteiger partial charge in [-0.05, 0) is 50.8 Å². The molecular weight excluding hydrogens is 280 g/mol. The first-order valence-electron chi connectivity index (χ1n) is 6.72. The van der Waals surface area contributed by atoms with Crippen LogP contribution in [0.2, 0.25) is 0 Å². The third-order valence-corrected chi connectivity index (χ3v) is 4.64. The lowest BCUT2D eigenvalue weighted by Gasteiger charge is -2.15. The highest BCUT2D eigenvalue weighted by atomic mass is 35.5. The highest BCUT2D eigenvalue weighted by Crippen LogP contribution is 2.19. The van der Waals surface area contributed by atoms with Crippen LogP contribution < -0.4 is 5.73 Å². The van der Waals surface area contributed by atoms with Gasteiger partial charge < -0.3 is 10.6 Å². The lowest BCUT2D eigenvalue weighted by molar-refractivity contribution is -0.130. The van der Waals surface area contributed by atoms with E-state index in [1.54, 1.807) is 0 Å². The lowest BCUT2D eigenvalue weighted by Crippen LogP contribution is -2.29. The molecule has 1 aromatic heterocycles. The van der Waals surface area contributed by atoms with E-state index in [0.717, 1.165) is 32.4 Å². The highest BCUT2D eigenvalue weighted by molar-refractivity contribution is 7.11. The van der Waals surface area contributed by atoms with Crippen molar-refractivity contribution < 1.29 is 4.79 Å². The van der Waals surface area contributed by atoms with Gasteiger partial charge >= 0.3 is 0 Å². The average Bonchev–Trinajstić information content (AvgIpc) is 2.98. The number of halogens is 1. The monoisotopic (exact) mass is 302 g/mol. The number of carbonyl (C=O) groups is 1. The first kappa shape index (κ1) is 16.5. The Morgan fingerprint density at radius 3 is 2.89 bits per heavy atom. The topological polar surface area (TPSA) is 46.3 Å². The van der Waals surface area contributed by atoms with Crippen LogP contribution in [0.3, 0.4) is 0 Å². The van der Waals surface area contributed by atoms with E-state index in [1.165, 1.54) is 9.75 Å². The SMILES string of the molecule is Cc1ccc(CCCC(=O)N2CCC(CN)C2)s1.Cl. The average molecular weight is 303 g/mol. The minimum atomic E-state index is 0. The van der Waals surface area contributed by atoms with Crippen molar-refractivity contribution in [2.45, 2.75) is 32.6 Å². The molecule has 0 bridgehead atoms. The molecule has 0 spiro atoms. The summed E-state index contributed by atoms with van der Waals surface area (Å²) in [4.78, 5) is 16.7. The Labute approximate surface area is 125 Å². The quantitative estimate of drug-likeness (QED) is 0.909. The number of amides is 1. The summed E-state index contributed by atoms with van der Waals surface area (Å²) in [5.41, 5.74) is 5.64. The molecule has 19 heavy (non-hydrogen) atoms. The Morgan fingerprint density at radius 2 is 2.32 bits per heavy atom. The number of hydrogen-bond acceptors (Lipinski definition) is 3. The summed E-state index contributed by atoms with van der Waals surface area (Å²) in [5.74, 6) is 0.827. The maximum absolute atomic E-state index is 12.0. The van der Waals surface area contributed by atoms with Crippen molar-refractivity contribution >= 4 is 29.7 Å². The standard InChI is InChI=1S/C14H22N2OS.ClH/c1-11-5-6-13(18-11)3-2-4-14(17)16-8-7-12(9-15)10-16;/h5-6,12H,2-4,7-10,15H2,1H3;1H. The van der Waals surface area contributed by atoms with Crippen molar-refractivity contribution in [2.24, 2.45) is 11.7 Å². The van der Waals surface area contributed by atoms with Gasteiger partial charge in [0.15, 0.2) is 0 Å². The molecule has 2 heterocycles. The number of nitrogens with two attached hydrogens (primary N) is 1. The maximum atomic E-state index is 12.0. The zero-order valence-electron chi connectivity index (χ0n) is 11.4. The highest BCUT2D eigenvalue weighted by Gasteiger charge is 2.24. The van der Waals surface area contributed by atoms with E-state index >= 15 is 0 Å². The summed E-state index contributed by atoms with van der Waals surface area (Å²) in [6.07, 6.45) is 3.74. The Kier molecular flexibility index (Phi) is 6.83. The summed E-state index contributed by atoms with van der Waals surface area (Å²) < 4.78 is 0. The molecule has 0 radical (unpaired) electrons. The van der Waals surface area contributed by atoms with Crippen LogP contribution in [0.25, 0.3) is 0 Å². The number of hydrogen-bond donors (Lipinski definition) is 1. The van der Waals surface area contributed by atoms with Crippen LogP contribution in [-0.2, 0) is 11.2 Å². The number of thiophene rings is 1. The van der Waals surface area contributed by atoms with E-state index in [2.05, 4.69) is 19.1 Å². The normalized spacial score (nSPS) is 18.4. The van der Waals surface area contributed by atoms with Crippen LogP contribution in [0, 0.1) is 12.8 Å². The molecular formula is C14H23ClN2OS. The number of aryl methyl sites for hydroxylation is 2. The first-order chi connectivity index (χ1) is 8.69. The van der Waals surface area contributed by atoms with Gasteiger partial charge in [-0.25, -0.2) is 0 Å². The predicted octanol–water partition coefficient (Wildman–Crippen LogP) is 2.61. The smallest absolute Gasteiger partial charge is 0.222 e. The van der Waals surface area contributed by atoms with Crippen LogP contribution in [0.4, 0.5) is 0 Å². The van der Waals surface area contributed by atoms with Crippen LogP contribution in [0.15, 0.2) is 12.1 Å². The molecule has 5 heteroatoms. The molecule has 108 valence electrons. The number of likely N-dealkylation sites (tertiary alicyclic amines) is 1. The Bertz CT molecular complexity index is 408. The fourth-order valence-electron chi connectivity index (χ4n) is 2.44. The third kappa shape index (κ3) is 4.79. The summed E-state index contributed by atoms with van der Waals surface area (Å²) in [5, 5.41) is 0. The second kappa shape index (κ2) is 7.88. The minimum Gasteiger partial charge on any atom is -0.342 e. The summed E-state index contributed by atoms with van der Waals surface area (Å²) in [7, 11) is 0. The molecule has 2 rings (SSSR count). The van der Waals surface area contributed by atoms with Gasteiger partial charge in [0, 0.05) is 29.3 Å². The first-order valence-corrected chi connectivity index (χ1v) is 7.54. The van der Waals surface area contributed by atoms with E-state index < -0.39 is 0 Å². The molecule has 0 saturated carbocycles. The van der Waals surface area contributed by atoms with Crippen molar-refractivity contribution in [1.29, 1.82) is 0 Å². The zero-order valence-corrected chi connectivity index (χ0v) is 13.1. The van der Waals surface area contributed by atoms with E-state index in [0.29, 0.717) is 24.8 Å². The van der Waals surface area contributed by atoms with Gasteiger partial charge in [-0.3, -0.25) is 4.79 Å². The molecule has 1 fully saturated rings. The van der Waals surface area contributed by atoms with Gasteiger partial charge in [0.2, 0.25) is 5.91 Å². The molecule has 1 unspecified atom stereocenters. The largest absolute Gasteiger partial charge is 0.342 e. The van der Waals surface area contributed by atoms with Crippen LogP contribution >= 0.6 is 23.7 Å². The summed E-state index contributed by atoms with van der Waals surface area (Å²) in [6.45, 7) is 4.60. The predicted molar refractivity (Wildman–Crippen MR) is 83.0 cm³/mol. The van der Waals surface area contributed by atoms with Crippen molar-refractivity contribution in [3.8, 4) is 0 Å². The maximum Gasteiger partial charge on any atom is 0.222 e. The van der Waals surface area contributed by atoms with Crippen molar-refractivity contribution in [1.82, 2.24) is 4.90 Å². The Morgan fingerprint density at radius 1 is 1.53 bits per heavy atom. The van der Waals surface area contributed by atoms with E-state index in [9.17, 15) is 4.79 Å². The van der Waals surface area contributed by atoms with Gasteiger partial charge in [-0.1, -0.05) is 0 Å².